The van der Waals surface area contributed by atoms with E-state index in [-0.39, 0.29) is 72.8 Å². The van der Waals surface area contributed by atoms with Gasteiger partial charge in [-0.05, 0) is 129 Å². The molecular formula is C52H67FO14. The van der Waals surface area contributed by atoms with Crippen LogP contribution < -0.4 is 0 Å². The van der Waals surface area contributed by atoms with Crippen molar-refractivity contribution in [3.8, 4) is 0 Å². The molecule has 0 saturated heterocycles. The van der Waals surface area contributed by atoms with Crippen LogP contribution in [0.5, 0.6) is 0 Å². The predicted molar refractivity (Wildman–Crippen MR) is 236 cm³/mol. The molecule has 16 unspecified atom stereocenters. The van der Waals surface area contributed by atoms with Crippen molar-refractivity contribution in [2.24, 2.45) is 69.0 Å². The van der Waals surface area contributed by atoms with Gasteiger partial charge in [-0.25, -0.2) is 4.39 Å². The molecule has 366 valence electrons. The topological polar surface area (TPSA) is 217 Å². The molecule has 6 fully saturated rings. The Balaban J connectivity index is 0.718. The highest BCUT2D eigenvalue weighted by Crippen LogP contribution is 2.70. The van der Waals surface area contributed by atoms with E-state index in [1.54, 1.807) is 25.2 Å². The maximum atomic E-state index is 17.4. The van der Waals surface area contributed by atoms with Gasteiger partial charge in [-0.2, -0.15) is 0 Å². The molecular weight excluding hydrogens is 868 g/mol. The number of Topliss-reactive ketones (excluding diaryl/α,β-unsaturated/α-hetero) is 1. The van der Waals surface area contributed by atoms with E-state index in [4.69, 9.17) is 18.9 Å². The van der Waals surface area contributed by atoms with E-state index in [9.17, 15) is 48.9 Å². The average Bonchev–Trinajstić information content (AvgIpc) is 3.75. The van der Waals surface area contributed by atoms with Gasteiger partial charge in [-0.1, -0.05) is 51.0 Å². The van der Waals surface area contributed by atoms with Crippen molar-refractivity contribution in [3.05, 3.63) is 47.6 Å². The number of carbonyl (C=O) groups is 7. The number of ether oxygens (including phenoxy) is 4. The minimum atomic E-state index is -1.99. The lowest BCUT2D eigenvalue weighted by Crippen LogP contribution is -2.67. The summed E-state index contributed by atoms with van der Waals surface area (Å²) in [5.74, 6) is -4.89. The zero-order chi connectivity index (χ0) is 48.4. The Kier molecular flexibility index (Phi) is 13.3. The van der Waals surface area contributed by atoms with Crippen molar-refractivity contribution in [1.29, 1.82) is 0 Å². The Morgan fingerprint density at radius 1 is 0.731 bits per heavy atom. The van der Waals surface area contributed by atoms with Crippen LogP contribution in [0.3, 0.4) is 0 Å². The molecule has 8 aliphatic carbocycles. The zero-order valence-electron chi connectivity index (χ0n) is 39.3. The summed E-state index contributed by atoms with van der Waals surface area (Å²) in [6.07, 6.45) is 10.3. The monoisotopic (exact) mass is 934 g/mol. The molecule has 0 bridgehead atoms. The van der Waals surface area contributed by atoms with Crippen molar-refractivity contribution in [1.82, 2.24) is 0 Å². The van der Waals surface area contributed by atoms with Gasteiger partial charge in [0.1, 0.15) is 13.2 Å². The summed E-state index contributed by atoms with van der Waals surface area (Å²) in [7, 11) is 0. The third kappa shape index (κ3) is 8.40. The second kappa shape index (κ2) is 18.2. The van der Waals surface area contributed by atoms with Crippen LogP contribution in [-0.2, 0) is 52.5 Å². The first kappa shape index (κ1) is 49.1. The number of aliphatic hydroxyl groups is 3. The first-order valence-electron chi connectivity index (χ1n) is 24.3. The number of aliphatic hydroxyl groups excluding tert-OH is 3. The normalized spacial score (nSPS) is 41.7. The number of fused-ring (bicyclic) bond motifs is 10. The number of hydrogen-bond donors (Lipinski definition) is 3. The molecule has 0 amide bonds. The molecule has 14 nitrogen and oxygen atoms in total. The molecule has 0 spiro atoms. The third-order valence-corrected chi connectivity index (χ3v) is 18.7. The zero-order valence-corrected chi connectivity index (χ0v) is 39.3. The molecule has 0 aliphatic heterocycles. The molecule has 8 aliphatic rings. The first-order valence-corrected chi connectivity index (χ1v) is 24.3. The summed E-state index contributed by atoms with van der Waals surface area (Å²) < 4.78 is 37.9. The lowest BCUT2D eigenvalue weighted by molar-refractivity contribution is -0.202. The van der Waals surface area contributed by atoms with E-state index < -0.39 is 114 Å². The largest absolute Gasteiger partial charge is 0.463 e. The van der Waals surface area contributed by atoms with Gasteiger partial charge >= 0.3 is 23.9 Å². The molecule has 0 radical (unpaired) electrons. The fourth-order valence-electron chi connectivity index (χ4n) is 15.7. The summed E-state index contributed by atoms with van der Waals surface area (Å²) >= 11 is 0. The van der Waals surface area contributed by atoms with Crippen molar-refractivity contribution in [3.63, 3.8) is 0 Å². The van der Waals surface area contributed by atoms with E-state index in [1.807, 2.05) is 19.9 Å². The SMILES string of the molecule is CC1CC2C3CCC4=CC(=O)C=CC4(C)C3(F)C(O)CC2(C)C1C(O)COC(=O)CCC(=O)OCOC(=O)CCC(=O)OCC(=O)C1CCC2C3CCC4=CC(=O)C=CC4(C)C3C(O)CC12C. The molecule has 67 heavy (non-hydrogen) atoms. The van der Waals surface area contributed by atoms with Gasteiger partial charge in [-0.3, -0.25) is 33.6 Å². The second-order valence-corrected chi connectivity index (χ2v) is 22.0. The van der Waals surface area contributed by atoms with Gasteiger partial charge in [0.25, 0.3) is 0 Å². The van der Waals surface area contributed by atoms with Gasteiger partial charge in [0.2, 0.25) is 6.79 Å². The van der Waals surface area contributed by atoms with Crippen molar-refractivity contribution >= 4 is 41.2 Å². The predicted octanol–water partition coefficient (Wildman–Crippen LogP) is 5.74. The molecule has 15 heteroatoms. The number of alkyl halides is 1. The number of halogens is 1. The molecule has 3 N–H and O–H groups in total. The molecule has 0 aromatic rings. The number of esters is 4. The fourth-order valence-corrected chi connectivity index (χ4v) is 15.7. The number of ketones is 3. The summed E-state index contributed by atoms with van der Waals surface area (Å²) in [5.41, 5.74) is -2.89. The van der Waals surface area contributed by atoms with E-state index >= 15 is 4.39 Å². The highest BCUT2D eigenvalue weighted by Gasteiger charge is 2.72. The van der Waals surface area contributed by atoms with Crippen molar-refractivity contribution in [2.45, 2.75) is 142 Å². The second-order valence-electron chi connectivity index (χ2n) is 22.0. The van der Waals surface area contributed by atoms with Crippen LogP contribution in [0.25, 0.3) is 0 Å². The number of rotatable bonds is 14. The van der Waals surface area contributed by atoms with Crippen molar-refractivity contribution < 1.29 is 72.2 Å². The van der Waals surface area contributed by atoms with Crippen molar-refractivity contribution in [2.75, 3.05) is 20.0 Å². The highest BCUT2D eigenvalue weighted by molar-refractivity contribution is 6.01. The fraction of sp³-hybridized carbons (Fsp3) is 0.712. The Morgan fingerprint density at radius 3 is 2.00 bits per heavy atom. The maximum absolute atomic E-state index is 17.4. The van der Waals surface area contributed by atoms with Crippen LogP contribution in [0, 0.1) is 69.0 Å². The maximum Gasteiger partial charge on any atom is 0.309 e. The van der Waals surface area contributed by atoms with Crippen LogP contribution in [0.1, 0.15) is 118 Å². The number of carbonyl (C=O) groups excluding carboxylic acids is 7. The number of hydrogen-bond acceptors (Lipinski definition) is 14. The minimum absolute atomic E-state index is 0.0279. The van der Waals surface area contributed by atoms with Gasteiger partial charge < -0.3 is 34.3 Å². The van der Waals surface area contributed by atoms with Crippen LogP contribution in [-0.4, -0.2) is 101 Å². The molecule has 0 aromatic carbocycles. The summed E-state index contributed by atoms with van der Waals surface area (Å²) in [6.45, 7) is 8.30. The first-order chi connectivity index (χ1) is 31.6. The smallest absolute Gasteiger partial charge is 0.309 e. The summed E-state index contributed by atoms with van der Waals surface area (Å²) in [4.78, 5) is 87.6. The van der Waals surface area contributed by atoms with E-state index in [0.29, 0.717) is 37.7 Å². The quantitative estimate of drug-likeness (QED) is 0.108. The lowest BCUT2D eigenvalue weighted by Gasteiger charge is -2.62. The Bertz CT molecular complexity index is 2190. The van der Waals surface area contributed by atoms with Crippen LogP contribution in [0.15, 0.2) is 47.6 Å². The van der Waals surface area contributed by atoms with Crippen LogP contribution in [0.4, 0.5) is 4.39 Å². The van der Waals surface area contributed by atoms with E-state index in [0.717, 1.165) is 24.8 Å². The van der Waals surface area contributed by atoms with Gasteiger partial charge in [0, 0.05) is 28.6 Å². The minimum Gasteiger partial charge on any atom is -0.463 e. The van der Waals surface area contributed by atoms with Gasteiger partial charge in [0.05, 0.1) is 44.0 Å². The molecule has 16 atom stereocenters. The van der Waals surface area contributed by atoms with E-state index in [2.05, 4.69) is 13.8 Å². The van der Waals surface area contributed by atoms with Crippen LogP contribution in [0.2, 0.25) is 0 Å². The average molecular weight is 935 g/mol. The molecule has 0 aromatic heterocycles. The molecule has 8 rings (SSSR count). The molecule has 6 saturated carbocycles. The Morgan fingerprint density at radius 2 is 1.33 bits per heavy atom. The Hall–Kier alpha value is -4.34. The summed E-state index contributed by atoms with van der Waals surface area (Å²) in [6, 6.07) is 0. The lowest BCUT2D eigenvalue weighted by atomic mass is 9.45. The van der Waals surface area contributed by atoms with E-state index in [1.165, 1.54) is 12.2 Å². The standard InChI is InChI=1S/C52H67FO14/c1-28-20-37-35-9-7-30-22-32(55)17-19-51(30,5)52(35,53)41(59)24-50(37,4)46(28)40(58)26-65-43(61)13-15-45(63)67-27-66-44(62)14-12-42(60)64-25-39(57)36-11-10-34-33-8-6-29-21-31(54)16-18-48(29,2)47(33)38(56)23-49(34,36)3/h16-19,21-22,28,33-38,40-41,46-47,56,58-59H,6-15,20,23-27H2,1-5H3. The third-order valence-electron chi connectivity index (χ3n) is 18.7. The van der Waals surface area contributed by atoms with Gasteiger partial charge in [-0.15, -0.1) is 0 Å². The highest BCUT2D eigenvalue weighted by atomic mass is 19.1. The molecule has 0 heterocycles. The Labute approximate surface area is 391 Å². The van der Waals surface area contributed by atoms with Crippen LogP contribution >= 0.6 is 0 Å². The number of allylic oxidation sites excluding steroid dienone is 8. The van der Waals surface area contributed by atoms with Gasteiger partial charge in [0.15, 0.2) is 23.0 Å². The summed E-state index contributed by atoms with van der Waals surface area (Å²) in [5, 5.41) is 34.6.